The van der Waals surface area contributed by atoms with Gasteiger partial charge in [-0.1, -0.05) is 23.3 Å². The summed E-state index contributed by atoms with van der Waals surface area (Å²) >= 11 is 1.59. The van der Waals surface area contributed by atoms with Crippen LogP contribution in [0.3, 0.4) is 0 Å². The fourth-order valence-electron chi connectivity index (χ4n) is 1.09. The lowest BCUT2D eigenvalue weighted by Crippen LogP contribution is -1.59. The van der Waals surface area contributed by atoms with Gasteiger partial charge in [-0.3, -0.25) is 0 Å². The third-order valence-electron chi connectivity index (χ3n) is 1.61. The Balaban J connectivity index is 2.78. The van der Waals surface area contributed by atoms with E-state index in [0.717, 1.165) is 15.8 Å². The molecule has 58 valence electrons. The summed E-state index contributed by atoms with van der Waals surface area (Å²) in [6, 6.07) is 7.87. The fraction of sp³-hybridized carbons (Fsp3) is 0. The van der Waals surface area contributed by atoms with Crippen LogP contribution in [0.25, 0.3) is 20.5 Å². The Bertz CT molecular complexity index is 454. The molecule has 0 saturated carbocycles. The smallest absolute Gasteiger partial charge is 0.0561 e. The molecule has 0 aliphatic carbocycles. The number of thiophene rings is 1. The Hall–Kier alpha value is -1.51. The zero-order valence-electron chi connectivity index (χ0n) is 6.14. The summed E-state index contributed by atoms with van der Waals surface area (Å²) in [4.78, 5) is 2.76. The second-order valence-electron chi connectivity index (χ2n) is 2.31. The SMILES string of the molecule is [N-]=[N+]=Nc1csc2ccccc12. The molecule has 1 heterocycles. The van der Waals surface area contributed by atoms with E-state index in [2.05, 4.69) is 10.0 Å². The van der Waals surface area contributed by atoms with Crippen LogP contribution in [-0.4, -0.2) is 0 Å². The Morgan fingerprint density at radius 3 is 3.00 bits per heavy atom. The molecule has 0 radical (unpaired) electrons. The van der Waals surface area contributed by atoms with Crippen molar-refractivity contribution < 1.29 is 0 Å². The molecule has 0 N–H and O–H groups in total. The molecular weight excluding hydrogens is 170 g/mol. The van der Waals surface area contributed by atoms with Gasteiger partial charge in [0.25, 0.3) is 0 Å². The molecule has 0 atom stereocenters. The summed E-state index contributed by atoms with van der Waals surface area (Å²) in [6.07, 6.45) is 0. The van der Waals surface area contributed by atoms with Crippen LogP contribution >= 0.6 is 11.3 Å². The van der Waals surface area contributed by atoms with Crippen LogP contribution in [0.5, 0.6) is 0 Å². The summed E-state index contributed by atoms with van der Waals surface area (Å²) in [7, 11) is 0. The molecular formula is C8H5N3S. The molecule has 0 fully saturated rings. The normalized spacial score (nSPS) is 9.67. The Kier molecular flexibility index (Phi) is 1.70. The molecule has 0 amide bonds. The third kappa shape index (κ3) is 1.03. The molecule has 0 aliphatic rings. The molecule has 0 saturated heterocycles. The highest BCUT2D eigenvalue weighted by Gasteiger charge is 1.98. The first-order valence-electron chi connectivity index (χ1n) is 3.43. The van der Waals surface area contributed by atoms with E-state index in [-0.39, 0.29) is 0 Å². The van der Waals surface area contributed by atoms with Gasteiger partial charge in [-0.15, -0.1) is 11.3 Å². The van der Waals surface area contributed by atoms with Gasteiger partial charge in [0.1, 0.15) is 0 Å². The van der Waals surface area contributed by atoms with Gasteiger partial charge in [-0.2, -0.15) is 0 Å². The summed E-state index contributed by atoms with van der Waals surface area (Å²) in [5.41, 5.74) is 8.98. The highest BCUT2D eigenvalue weighted by molar-refractivity contribution is 7.17. The zero-order valence-corrected chi connectivity index (χ0v) is 6.95. The molecule has 3 nitrogen and oxygen atoms in total. The summed E-state index contributed by atoms with van der Waals surface area (Å²) in [6.45, 7) is 0. The van der Waals surface area contributed by atoms with E-state index in [1.54, 1.807) is 11.3 Å². The minimum absolute atomic E-state index is 0.720. The molecule has 2 aromatic rings. The molecule has 0 spiro atoms. The maximum Gasteiger partial charge on any atom is 0.0561 e. The van der Waals surface area contributed by atoms with E-state index in [0.29, 0.717) is 0 Å². The first-order chi connectivity index (χ1) is 5.92. The van der Waals surface area contributed by atoms with Gasteiger partial charge in [0, 0.05) is 20.4 Å². The highest BCUT2D eigenvalue weighted by Crippen LogP contribution is 2.31. The van der Waals surface area contributed by atoms with Gasteiger partial charge in [0.2, 0.25) is 0 Å². The van der Waals surface area contributed by atoms with Crippen LogP contribution in [0, 0.1) is 0 Å². The second kappa shape index (κ2) is 2.85. The van der Waals surface area contributed by atoms with E-state index < -0.39 is 0 Å². The van der Waals surface area contributed by atoms with Crippen LogP contribution < -0.4 is 0 Å². The molecule has 1 aromatic heterocycles. The Morgan fingerprint density at radius 1 is 1.33 bits per heavy atom. The van der Waals surface area contributed by atoms with E-state index in [9.17, 15) is 0 Å². The van der Waals surface area contributed by atoms with Crippen molar-refractivity contribution in [3.8, 4) is 0 Å². The van der Waals surface area contributed by atoms with E-state index in [1.807, 2.05) is 29.6 Å². The van der Waals surface area contributed by atoms with E-state index in [4.69, 9.17) is 5.53 Å². The molecule has 1 aromatic carbocycles. The maximum atomic E-state index is 8.26. The van der Waals surface area contributed by atoms with Gasteiger partial charge in [-0.05, 0) is 11.6 Å². The average Bonchev–Trinajstić information content (AvgIpc) is 2.50. The summed E-state index contributed by atoms with van der Waals surface area (Å²) < 4.78 is 1.15. The van der Waals surface area contributed by atoms with Crippen molar-refractivity contribution in [2.24, 2.45) is 5.11 Å². The van der Waals surface area contributed by atoms with Crippen molar-refractivity contribution >= 4 is 27.1 Å². The standard InChI is InChI=1S/C8H5N3S/c9-11-10-7-5-12-8-4-2-1-3-6(7)8/h1-5H. The first kappa shape index (κ1) is 7.16. The summed E-state index contributed by atoms with van der Waals surface area (Å²) in [5, 5.41) is 6.48. The van der Waals surface area contributed by atoms with Crippen LogP contribution in [-0.2, 0) is 0 Å². The molecule has 12 heavy (non-hydrogen) atoms. The number of azide groups is 1. The van der Waals surface area contributed by atoms with Crippen molar-refractivity contribution in [1.29, 1.82) is 0 Å². The molecule has 4 heteroatoms. The van der Waals surface area contributed by atoms with Crippen molar-refractivity contribution in [1.82, 2.24) is 0 Å². The van der Waals surface area contributed by atoms with E-state index >= 15 is 0 Å². The van der Waals surface area contributed by atoms with Gasteiger partial charge in [-0.25, -0.2) is 0 Å². The van der Waals surface area contributed by atoms with Crippen molar-refractivity contribution in [3.63, 3.8) is 0 Å². The van der Waals surface area contributed by atoms with Crippen LogP contribution in [0.1, 0.15) is 0 Å². The van der Waals surface area contributed by atoms with Gasteiger partial charge in [0.15, 0.2) is 0 Å². The quantitative estimate of drug-likeness (QED) is 0.359. The molecule has 0 bridgehead atoms. The number of nitrogens with zero attached hydrogens (tertiary/aromatic N) is 3. The zero-order chi connectivity index (χ0) is 8.39. The minimum Gasteiger partial charge on any atom is -0.143 e. The Labute approximate surface area is 72.9 Å². The monoisotopic (exact) mass is 175 g/mol. The lowest BCUT2D eigenvalue weighted by Gasteiger charge is -1.87. The maximum absolute atomic E-state index is 8.26. The predicted molar refractivity (Wildman–Crippen MR) is 50.6 cm³/mol. The average molecular weight is 175 g/mol. The fourth-order valence-corrected chi connectivity index (χ4v) is 1.96. The number of hydrogen-bond donors (Lipinski definition) is 0. The number of rotatable bonds is 1. The molecule has 0 aliphatic heterocycles. The van der Waals surface area contributed by atoms with Crippen molar-refractivity contribution in [3.05, 3.63) is 40.1 Å². The molecule has 0 unspecified atom stereocenters. The number of benzene rings is 1. The second-order valence-corrected chi connectivity index (χ2v) is 3.22. The largest absolute Gasteiger partial charge is 0.143 e. The Morgan fingerprint density at radius 2 is 2.17 bits per heavy atom. The predicted octanol–water partition coefficient (Wildman–Crippen LogP) is 3.84. The van der Waals surface area contributed by atoms with E-state index in [1.165, 1.54) is 0 Å². The number of hydrogen-bond acceptors (Lipinski definition) is 2. The summed E-state index contributed by atoms with van der Waals surface area (Å²) in [5.74, 6) is 0. The first-order valence-corrected chi connectivity index (χ1v) is 4.31. The minimum atomic E-state index is 0.720. The van der Waals surface area contributed by atoms with Gasteiger partial charge >= 0.3 is 0 Å². The lowest BCUT2D eigenvalue weighted by molar-refractivity contribution is 1.55. The topological polar surface area (TPSA) is 48.8 Å². The van der Waals surface area contributed by atoms with Crippen molar-refractivity contribution in [2.45, 2.75) is 0 Å². The lowest BCUT2D eigenvalue weighted by atomic mass is 10.2. The van der Waals surface area contributed by atoms with Gasteiger partial charge in [0.05, 0.1) is 5.69 Å². The van der Waals surface area contributed by atoms with Crippen LogP contribution in [0.15, 0.2) is 34.8 Å². The number of fused-ring (bicyclic) bond motifs is 1. The van der Waals surface area contributed by atoms with Crippen molar-refractivity contribution in [2.75, 3.05) is 0 Å². The molecule has 2 rings (SSSR count). The third-order valence-corrected chi connectivity index (χ3v) is 2.56. The van der Waals surface area contributed by atoms with Crippen LogP contribution in [0.4, 0.5) is 5.69 Å². The highest BCUT2D eigenvalue weighted by atomic mass is 32.1. The van der Waals surface area contributed by atoms with Gasteiger partial charge < -0.3 is 0 Å². The van der Waals surface area contributed by atoms with Crippen LogP contribution in [0.2, 0.25) is 0 Å².